The molecule has 0 saturated carbocycles. The standard InChI is InChI=1S/C15H19NOS/c1-11-9-10-18-14(11)7-8-15(17)16-12-3-2-4-13(16)6-5-12/h2-3,9-10,12-13H,4-8H2,1H3/t12-,13-/m0/s1. The average molecular weight is 261 g/mol. The molecule has 0 unspecified atom stereocenters. The third-order valence-electron chi connectivity index (χ3n) is 4.13. The van der Waals surface area contributed by atoms with Crippen LogP contribution >= 0.6 is 11.3 Å². The van der Waals surface area contributed by atoms with E-state index in [1.54, 1.807) is 11.3 Å². The number of carbonyl (C=O) groups is 1. The van der Waals surface area contributed by atoms with E-state index in [0.29, 0.717) is 24.4 Å². The van der Waals surface area contributed by atoms with Gasteiger partial charge < -0.3 is 4.90 Å². The van der Waals surface area contributed by atoms with E-state index in [2.05, 4.69) is 35.4 Å². The van der Waals surface area contributed by atoms with Gasteiger partial charge in [-0.05, 0) is 49.6 Å². The number of rotatable bonds is 3. The fraction of sp³-hybridized carbons (Fsp3) is 0.533. The Hall–Kier alpha value is -1.09. The van der Waals surface area contributed by atoms with Crippen molar-refractivity contribution in [1.29, 1.82) is 0 Å². The minimum atomic E-state index is 0.347. The Kier molecular flexibility index (Phi) is 3.25. The minimum absolute atomic E-state index is 0.347. The van der Waals surface area contributed by atoms with Gasteiger partial charge in [0.05, 0.1) is 6.04 Å². The van der Waals surface area contributed by atoms with Crippen molar-refractivity contribution in [3.05, 3.63) is 34.0 Å². The highest BCUT2D eigenvalue weighted by Gasteiger charge is 2.36. The highest BCUT2D eigenvalue weighted by molar-refractivity contribution is 7.10. The van der Waals surface area contributed by atoms with Crippen molar-refractivity contribution in [2.45, 2.75) is 51.1 Å². The Morgan fingerprint density at radius 2 is 2.39 bits per heavy atom. The summed E-state index contributed by atoms with van der Waals surface area (Å²) >= 11 is 1.77. The van der Waals surface area contributed by atoms with Crippen LogP contribution in [0.4, 0.5) is 0 Å². The predicted molar refractivity (Wildman–Crippen MR) is 74.8 cm³/mol. The van der Waals surface area contributed by atoms with Crippen molar-refractivity contribution in [2.24, 2.45) is 0 Å². The van der Waals surface area contributed by atoms with Gasteiger partial charge in [-0.3, -0.25) is 4.79 Å². The molecule has 0 spiro atoms. The van der Waals surface area contributed by atoms with Crippen LogP contribution in [0.15, 0.2) is 23.6 Å². The summed E-state index contributed by atoms with van der Waals surface area (Å²) in [6, 6.07) is 3.01. The molecule has 0 radical (unpaired) electrons. The molecule has 3 heteroatoms. The quantitative estimate of drug-likeness (QED) is 0.764. The molecule has 3 heterocycles. The summed E-state index contributed by atoms with van der Waals surface area (Å²) in [5, 5.41) is 2.11. The predicted octanol–water partition coefficient (Wildman–Crippen LogP) is 3.31. The number of carbonyl (C=O) groups excluding carboxylic acids is 1. The molecule has 0 aliphatic carbocycles. The fourth-order valence-corrected chi connectivity index (χ4v) is 4.03. The molecular formula is C15H19NOS. The molecule has 18 heavy (non-hydrogen) atoms. The number of amides is 1. The summed E-state index contributed by atoms with van der Waals surface area (Å²) in [6.45, 7) is 2.13. The number of fused-ring (bicyclic) bond motifs is 2. The monoisotopic (exact) mass is 261 g/mol. The van der Waals surface area contributed by atoms with Crippen molar-refractivity contribution in [3.8, 4) is 0 Å². The van der Waals surface area contributed by atoms with Crippen LogP contribution in [0, 0.1) is 6.92 Å². The molecule has 0 aromatic carbocycles. The lowest BCUT2D eigenvalue weighted by Gasteiger charge is -2.31. The summed E-state index contributed by atoms with van der Waals surface area (Å²) in [5.41, 5.74) is 1.33. The molecule has 1 aromatic rings. The molecule has 0 N–H and O–H groups in total. The first-order chi connectivity index (χ1) is 8.75. The van der Waals surface area contributed by atoms with Gasteiger partial charge in [0.15, 0.2) is 0 Å². The molecular weight excluding hydrogens is 242 g/mol. The summed E-state index contributed by atoms with van der Waals surface area (Å²) < 4.78 is 0. The summed E-state index contributed by atoms with van der Waals surface area (Å²) in [6.07, 6.45) is 9.43. The lowest BCUT2D eigenvalue weighted by Crippen LogP contribution is -2.42. The van der Waals surface area contributed by atoms with Gasteiger partial charge in [-0.15, -0.1) is 11.3 Å². The fourth-order valence-electron chi connectivity index (χ4n) is 3.12. The number of hydrogen-bond acceptors (Lipinski definition) is 2. The van der Waals surface area contributed by atoms with Crippen LogP contribution < -0.4 is 0 Å². The van der Waals surface area contributed by atoms with Crippen LogP contribution in [0.5, 0.6) is 0 Å². The van der Waals surface area contributed by atoms with E-state index in [9.17, 15) is 4.79 Å². The number of thiophene rings is 1. The van der Waals surface area contributed by atoms with Gasteiger partial charge in [0.1, 0.15) is 0 Å². The zero-order valence-corrected chi connectivity index (χ0v) is 11.6. The Morgan fingerprint density at radius 1 is 1.50 bits per heavy atom. The summed E-state index contributed by atoms with van der Waals surface area (Å²) in [4.78, 5) is 15.9. The minimum Gasteiger partial charge on any atom is -0.333 e. The second-order valence-electron chi connectivity index (χ2n) is 5.29. The van der Waals surface area contributed by atoms with Crippen LogP contribution in [0.1, 0.15) is 36.1 Å². The van der Waals surface area contributed by atoms with Crippen molar-refractivity contribution in [3.63, 3.8) is 0 Å². The molecule has 2 bridgehead atoms. The average Bonchev–Trinajstić information content (AvgIpc) is 2.88. The lowest BCUT2D eigenvalue weighted by atomic mass is 10.1. The van der Waals surface area contributed by atoms with Crippen molar-refractivity contribution in [1.82, 2.24) is 4.90 Å². The normalized spacial score (nSPS) is 25.7. The first-order valence-electron chi connectivity index (χ1n) is 6.76. The van der Waals surface area contributed by atoms with Gasteiger partial charge in [-0.2, -0.15) is 0 Å². The first-order valence-corrected chi connectivity index (χ1v) is 7.64. The molecule has 1 saturated heterocycles. The van der Waals surface area contributed by atoms with Crippen LogP contribution in [0.2, 0.25) is 0 Å². The molecule has 2 nitrogen and oxygen atoms in total. The largest absolute Gasteiger partial charge is 0.333 e. The highest BCUT2D eigenvalue weighted by Crippen LogP contribution is 2.32. The van der Waals surface area contributed by atoms with Crippen LogP contribution in [0.25, 0.3) is 0 Å². The van der Waals surface area contributed by atoms with Crippen LogP contribution in [-0.2, 0) is 11.2 Å². The zero-order valence-electron chi connectivity index (χ0n) is 10.8. The van der Waals surface area contributed by atoms with Gasteiger partial charge in [0.25, 0.3) is 0 Å². The van der Waals surface area contributed by atoms with E-state index in [0.717, 1.165) is 19.3 Å². The number of aryl methyl sites for hydroxylation is 2. The van der Waals surface area contributed by atoms with E-state index in [1.165, 1.54) is 16.9 Å². The van der Waals surface area contributed by atoms with E-state index in [4.69, 9.17) is 0 Å². The molecule has 1 aromatic heterocycles. The molecule has 2 atom stereocenters. The Labute approximate surface area is 112 Å². The molecule has 1 fully saturated rings. The molecule has 3 rings (SSSR count). The van der Waals surface area contributed by atoms with Crippen molar-refractivity contribution >= 4 is 17.2 Å². The van der Waals surface area contributed by atoms with Crippen LogP contribution in [-0.4, -0.2) is 22.9 Å². The molecule has 2 aliphatic rings. The van der Waals surface area contributed by atoms with Crippen molar-refractivity contribution < 1.29 is 4.79 Å². The molecule has 96 valence electrons. The zero-order chi connectivity index (χ0) is 12.5. The maximum absolute atomic E-state index is 12.4. The van der Waals surface area contributed by atoms with Crippen molar-refractivity contribution in [2.75, 3.05) is 0 Å². The number of hydrogen-bond donors (Lipinski definition) is 0. The maximum atomic E-state index is 12.4. The number of nitrogens with zero attached hydrogens (tertiary/aromatic N) is 1. The maximum Gasteiger partial charge on any atom is 0.223 e. The Bertz CT molecular complexity index is 477. The van der Waals surface area contributed by atoms with Gasteiger partial charge in [0, 0.05) is 17.3 Å². The second-order valence-corrected chi connectivity index (χ2v) is 6.29. The topological polar surface area (TPSA) is 20.3 Å². The summed E-state index contributed by atoms with van der Waals surface area (Å²) in [7, 11) is 0. The Morgan fingerprint density at radius 3 is 3.11 bits per heavy atom. The Balaban J connectivity index is 1.62. The van der Waals surface area contributed by atoms with Gasteiger partial charge in [0.2, 0.25) is 5.91 Å². The third-order valence-corrected chi connectivity index (χ3v) is 5.22. The van der Waals surface area contributed by atoms with E-state index in [1.807, 2.05) is 0 Å². The van der Waals surface area contributed by atoms with Gasteiger partial charge in [-0.25, -0.2) is 0 Å². The second kappa shape index (κ2) is 4.88. The first kappa shape index (κ1) is 12.0. The highest BCUT2D eigenvalue weighted by atomic mass is 32.1. The van der Waals surface area contributed by atoms with Gasteiger partial charge >= 0.3 is 0 Å². The van der Waals surface area contributed by atoms with E-state index >= 15 is 0 Å². The molecule has 2 aliphatic heterocycles. The third kappa shape index (κ3) is 2.12. The molecule has 1 amide bonds. The smallest absolute Gasteiger partial charge is 0.223 e. The van der Waals surface area contributed by atoms with Crippen LogP contribution in [0.3, 0.4) is 0 Å². The lowest BCUT2D eigenvalue weighted by molar-refractivity contribution is -0.133. The van der Waals surface area contributed by atoms with E-state index < -0.39 is 0 Å². The van der Waals surface area contributed by atoms with E-state index in [-0.39, 0.29) is 0 Å². The van der Waals surface area contributed by atoms with Gasteiger partial charge in [-0.1, -0.05) is 12.2 Å². The SMILES string of the molecule is Cc1ccsc1CCC(=O)N1[C@H]2CC=C[C@H]1CC2. The summed E-state index contributed by atoms with van der Waals surface area (Å²) in [5.74, 6) is 0.347.